The van der Waals surface area contributed by atoms with E-state index in [1.165, 1.54) is 17.5 Å². The van der Waals surface area contributed by atoms with Crippen molar-refractivity contribution in [1.82, 2.24) is 15.1 Å². The highest BCUT2D eigenvalue weighted by molar-refractivity contribution is 6.32. The Morgan fingerprint density at radius 2 is 2.50 bits per heavy atom. The van der Waals surface area contributed by atoms with Crippen LogP contribution in [-0.2, 0) is 6.54 Å². The highest BCUT2D eigenvalue weighted by atomic mass is 35.5. The second-order valence-corrected chi connectivity index (χ2v) is 4.88. The zero-order chi connectivity index (χ0) is 13.0. The van der Waals surface area contributed by atoms with Crippen molar-refractivity contribution in [3.63, 3.8) is 0 Å². The normalized spacial score (nSPS) is 19.1. The van der Waals surface area contributed by atoms with Gasteiger partial charge in [0.2, 0.25) is 0 Å². The minimum Gasteiger partial charge on any atom is -0.382 e. The van der Waals surface area contributed by atoms with Gasteiger partial charge in [0, 0.05) is 19.1 Å². The number of nitrogens with zero attached hydrogens (tertiary/aromatic N) is 2. The lowest BCUT2D eigenvalue weighted by Gasteiger charge is -2.12. The highest BCUT2D eigenvalue weighted by Gasteiger charge is 2.14. The van der Waals surface area contributed by atoms with Crippen molar-refractivity contribution in [1.29, 1.82) is 0 Å². The van der Waals surface area contributed by atoms with Gasteiger partial charge in [0.25, 0.3) is 5.56 Å². The Labute approximate surface area is 112 Å². The fourth-order valence-electron chi connectivity index (χ4n) is 2.20. The van der Waals surface area contributed by atoms with Crippen LogP contribution in [0, 0.1) is 0 Å². The molecular weight excluding hydrogens is 252 g/mol. The lowest BCUT2D eigenvalue weighted by Crippen LogP contribution is -2.26. The lowest BCUT2D eigenvalue weighted by atomic mass is 10.1. The van der Waals surface area contributed by atoms with Gasteiger partial charge in [-0.3, -0.25) is 4.79 Å². The third kappa shape index (κ3) is 3.03. The summed E-state index contributed by atoms with van der Waals surface area (Å²) in [6, 6.07) is 0.584. The zero-order valence-electron chi connectivity index (χ0n) is 10.6. The topological polar surface area (TPSA) is 59.0 Å². The van der Waals surface area contributed by atoms with Crippen LogP contribution in [0.25, 0.3) is 0 Å². The molecule has 0 bridgehead atoms. The number of aromatic nitrogens is 2. The van der Waals surface area contributed by atoms with Gasteiger partial charge in [-0.15, -0.1) is 0 Å². The van der Waals surface area contributed by atoms with E-state index in [0.717, 1.165) is 19.5 Å². The number of hydrogen-bond acceptors (Lipinski definition) is 4. The summed E-state index contributed by atoms with van der Waals surface area (Å²) in [7, 11) is 0. The van der Waals surface area contributed by atoms with Crippen LogP contribution in [0.1, 0.15) is 26.2 Å². The van der Waals surface area contributed by atoms with Gasteiger partial charge in [0.1, 0.15) is 5.02 Å². The molecule has 100 valence electrons. The second-order valence-electron chi connectivity index (χ2n) is 4.50. The number of hydrogen-bond donors (Lipinski definition) is 2. The van der Waals surface area contributed by atoms with E-state index in [1.54, 1.807) is 6.20 Å². The summed E-state index contributed by atoms with van der Waals surface area (Å²) in [5, 5.41) is 10.9. The summed E-state index contributed by atoms with van der Waals surface area (Å²) in [4.78, 5) is 11.8. The average molecular weight is 271 g/mol. The van der Waals surface area contributed by atoms with E-state index < -0.39 is 0 Å². The second kappa shape index (κ2) is 6.20. The molecule has 1 saturated heterocycles. The van der Waals surface area contributed by atoms with Crippen molar-refractivity contribution >= 4 is 17.3 Å². The molecule has 1 aliphatic rings. The SMILES string of the molecule is CCn1ncc(NCC[C@@H]2CCCN2)c(Cl)c1=O. The van der Waals surface area contributed by atoms with Gasteiger partial charge < -0.3 is 10.6 Å². The van der Waals surface area contributed by atoms with Crippen molar-refractivity contribution in [3.8, 4) is 0 Å². The molecule has 1 aliphatic heterocycles. The van der Waals surface area contributed by atoms with Crippen LogP contribution in [0.2, 0.25) is 5.02 Å². The van der Waals surface area contributed by atoms with E-state index >= 15 is 0 Å². The molecule has 2 N–H and O–H groups in total. The quantitative estimate of drug-likeness (QED) is 0.851. The van der Waals surface area contributed by atoms with E-state index in [4.69, 9.17) is 11.6 Å². The fourth-order valence-corrected chi connectivity index (χ4v) is 2.41. The number of nitrogens with one attached hydrogen (secondary N) is 2. The van der Waals surface area contributed by atoms with Crippen LogP contribution in [0.5, 0.6) is 0 Å². The minimum absolute atomic E-state index is 0.228. The average Bonchev–Trinajstić information content (AvgIpc) is 2.88. The number of rotatable bonds is 5. The zero-order valence-corrected chi connectivity index (χ0v) is 11.3. The van der Waals surface area contributed by atoms with Crippen molar-refractivity contribution in [3.05, 3.63) is 21.6 Å². The third-order valence-electron chi connectivity index (χ3n) is 3.26. The Kier molecular flexibility index (Phi) is 4.60. The summed E-state index contributed by atoms with van der Waals surface area (Å²) in [6.07, 6.45) is 5.13. The van der Waals surface area contributed by atoms with E-state index in [-0.39, 0.29) is 10.6 Å². The molecule has 5 nitrogen and oxygen atoms in total. The van der Waals surface area contributed by atoms with E-state index in [1.807, 2.05) is 6.92 Å². The van der Waals surface area contributed by atoms with E-state index in [9.17, 15) is 4.79 Å². The maximum absolute atomic E-state index is 11.8. The molecule has 1 atom stereocenters. The predicted molar refractivity (Wildman–Crippen MR) is 73.3 cm³/mol. The van der Waals surface area contributed by atoms with Crippen LogP contribution < -0.4 is 16.2 Å². The Hall–Kier alpha value is -1.07. The Bertz CT molecular complexity index is 454. The molecule has 1 aromatic heterocycles. The van der Waals surface area contributed by atoms with E-state index in [0.29, 0.717) is 18.3 Å². The van der Waals surface area contributed by atoms with E-state index in [2.05, 4.69) is 15.7 Å². The molecule has 0 amide bonds. The molecule has 2 heterocycles. The number of halogens is 1. The number of anilines is 1. The molecule has 0 unspecified atom stereocenters. The van der Waals surface area contributed by atoms with Gasteiger partial charge in [-0.1, -0.05) is 11.6 Å². The molecule has 0 spiro atoms. The molecule has 18 heavy (non-hydrogen) atoms. The molecule has 1 fully saturated rings. The summed E-state index contributed by atoms with van der Waals surface area (Å²) < 4.78 is 1.35. The van der Waals surface area contributed by atoms with Crippen LogP contribution in [0.15, 0.2) is 11.0 Å². The molecule has 1 aromatic rings. The minimum atomic E-state index is -0.233. The van der Waals surface area contributed by atoms with Gasteiger partial charge in [-0.05, 0) is 32.7 Å². The molecule has 2 rings (SSSR count). The first-order valence-corrected chi connectivity index (χ1v) is 6.83. The number of aryl methyl sites for hydroxylation is 1. The summed E-state index contributed by atoms with van der Waals surface area (Å²) in [5.41, 5.74) is 0.396. The largest absolute Gasteiger partial charge is 0.382 e. The monoisotopic (exact) mass is 270 g/mol. The van der Waals surface area contributed by atoms with Gasteiger partial charge in [-0.25, -0.2) is 4.68 Å². The molecule has 0 saturated carbocycles. The maximum Gasteiger partial charge on any atom is 0.287 e. The first-order valence-electron chi connectivity index (χ1n) is 6.45. The lowest BCUT2D eigenvalue weighted by molar-refractivity contribution is 0.573. The van der Waals surface area contributed by atoms with Crippen molar-refractivity contribution in [2.45, 2.75) is 38.8 Å². The maximum atomic E-state index is 11.8. The highest BCUT2D eigenvalue weighted by Crippen LogP contribution is 2.16. The van der Waals surface area contributed by atoms with Crippen LogP contribution in [0.4, 0.5) is 5.69 Å². The van der Waals surface area contributed by atoms with Crippen LogP contribution in [-0.4, -0.2) is 28.9 Å². The molecule has 0 radical (unpaired) electrons. The van der Waals surface area contributed by atoms with Gasteiger partial charge in [0.05, 0.1) is 11.9 Å². The predicted octanol–water partition coefficient (Wildman–Crippen LogP) is 1.47. The third-order valence-corrected chi connectivity index (χ3v) is 3.62. The summed E-state index contributed by atoms with van der Waals surface area (Å²) in [5.74, 6) is 0. The standard InChI is InChI=1S/C12H19ClN4O/c1-2-17-12(18)11(13)10(8-16-17)15-7-5-9-4-3-6-14-9/h8-9,14-15H,2-7H2,1H3/t9-/m0/s1. The first-order chi connectivity index (χ1) is 8.72. The Morgan fingerprint density at radius 3 is 3.17 bits per heavy atom. The molecular formula is C12H19ClN4O. The first kappa shape index (κ1) is 13.4. The van der Waals surface area contributed by atoms with Gasteiger partial charge >= 0.3 is 0 Å². The Morgan fingerprint density at radius 1 is 1.67 bits per heavy atom. The summed E-state index contributed by atoms with van der Waals surface area (Å²) in [6.45, 7) is 4.31. The van der Waals surface area contributed by atoms with Crippen LogP contribution in [0.3, 0.4) is 0 Å². The van der Waals surface area contributed by atoms with Crippen LogP contribution >= 0.6 is 11.6 Å². The van der Waals surface area contributed by atoms with Crippen molar-refractivity contribution in [2.24, 2.45) is 0 Å². The molecule has 0 aliphatic carbocycles. The van der Waals surface area contributed by atoms with Crippen molar-refractivity contribution in [2.75, 3.05) is 18.4 Å². The molecule has 0 aromatic carbocycles. The summed E-state index contributed by atoms with van der Waals surface area (Å²) >= 11 is 6.02. The van der Waals surface area contributed by atoms with Gasteiger partial charge in [0.15, 0.2) is 0 Å². The Balaban J connectivity index is 1.93. The fraction of sp³-hybridized carbons (Fsp3) is 0.667. The molecule has 6 heteroatoms. The van der Waals surface area contributed by atoms with Crippen molar-refractivity contribution < 1.29 is 0 Å². The van der Waals surface area contributed by atoms with Gasteiger partial charge in [-0.2, -0.15) is 5.10 Å². The smallest absolute Gasteiger partial charge is 0.287 e.